The van der Waals surface area contributed by atoms with Crippen molar-refractivity contribution in [1.29, 1.82) is 0 Å². The van der Waals surface area contributed by atoms with Crippen LogP contribution in [0.3, 0.4) is 0 Å². The minimum atomic E-state index is -3.79. The van der Waals surface area contributed by atoms with Crippen LogP contribution < -0.4 is 10.6 Å². The monoisotopic (exact) mass is 581 g/mol. The van der Waals surface area contributed by atoms with Crippen LogP contribution in [-0.4, -0.2) is 31.7 Å². The van der Waals surface area contributed by atoms with Crippen LogP contribution in [-0.2, 0) is 20.7 Å². The first-order valence-electron chi connectivity index (χ1n) is 14.3. The van der Waals surface area contributed by atoms with Crippen LogP contribution in [0.4, 0.5) is 0 Å². The van der Waals surface area contributed by atoms with Crippen LogP contribution in [0.2, 0.25) is 0 Å². The summed E-state index contributed by atoms with van der Waals surface area (Å²) in [6, 6.07) is 23.3. The van der Waals surface area contributed by atoms with E-state index in [4.69, 9.17) is 19.8 Å². The Bertz CT molecular complexity index is 1760. The molecule has 2 N–H and O–H groups in total. The lowest BCUT2D eigenvalue weighted by Gasteiger charge is -2.34. The lowest BCUT2D eigenvalue weighted by molar-refractivity contribution is -0.750. The summed E-state index contributed by atoms with van der Waals surface area (Å²) in [4.78, 5) is 9.65. The zero-order chi connectivity index (χ0) is 28.9. The lowest BCUT2D eigenvalue weighted by atomic mass is 9.73. The number of aryl methyl sites for hydroxylation is 2. The van der Waals surface area contributed by atoms with Gasteiger partial charge in [-0.3, -0.25) is 9.18 Å². The topological polar surface area (TPSA) is 103 Å². The molecule has 3 aromatic carbocycles. The summed E-state index contributed by atoms with van der Waals surface area (Å²) in [6.45, 7) is 2.06. The molecular weight excluding hydrogens is 548 g/mol. The minimum absolute atomic E-state index is 0.00991. The summed E-state index contributed by atoms with van der Waals surface area (Å²) in [6.07, 6.45) is 8.76. The third-order valence-corrected chi connectivity index (χ3v) is 9.95. The summed E-state index contributed by atoms with van der Waals surface area (Å²) in [5.41, 5.74) is 5.99. The molecule has 214 valence electrons. The van der Waals surface area contributed by atoms with E-state index in [9.17, 15) is 8.42 Å². The average Bonchev–Trinajstić information content (AvgIpc) is 3.29. The third kappa shape index (κ3) is 4.82. The van der Waals surface area contributed by atoms with E-state index in [0.717, 1.165) is 59.8 Å². The van der Waals surface area contributed by atoms with Gasteiger partial charge in [-0.25, -0.2) is 0 Å². The maximum atomic E-state index is 12.7. The molecule has 7 rings (SSSR count). The summed E-state index contributed by atoms with van der Waals surface area (Å²) in [7, 11) is -3.79. The summed E-state index contributed by atoms with van der Waals surface area (Å²) in [5.74, 6) is 8.83. The Labute approximate surface area is 246 Å². The number of hydrogen-bond donors (Lipinski definition) is 1. The van der Waals surface area contributed by atoms with Crippen LogP contribution in [0.5, 0.6) is 5.75 Å². The summed E-state index contributed by atoms with van der Waals surface area (Å²) >= 11 is 0. The Morgan fingerprint density at radius 1 is 1.05 bits per heavy atom. The van der Waals surface area contributed by atoms with E-state index in [1.54, 1.807) is 36.7 Å². The van der Waals surface area contributed by atoms with E-state index in [1.165, 1.54) is 11.1 Å². The number of aliphatic imine (C=N–C) groups is 2. The average molecular weight is 582 g/mol. The first-order valence-corrected chi connectivity index (χ1v) is 15.7. The predicted molar refractivity (Wildman–Crippen MR) is 161 cm³/mol. The number of hydrogen-bond acceptors (Lipinski definition) is 7. The number of benzene rings is 3. The fourth-order valence-corrected chi connectivity index (χ4v) is 7.15. The molecule has 42 heavy (non-hydrogen) atoms. The molecule has 2 atom stereocenters. The number of amidine groups is 1. The molecule has 3 aliphatic heterocycles. The standard InChI is InChI=1S/C33H33N4O4S/c1-22-7-12-28(13-8-22)42(38,39)40-21-23-17-27(18-23)32-29-20-35-15-16-37(29,34)33(36-32)26-10-9-25-11-14-30(41-31(25)19-26)24-5-3-2-4-6-24/h2-10,12-13,15-16,19-20,23,27,30H,11,14,17-18,21,34H2,1H3/q+1. The molecule has 0 radical (unpaired) electrons. The van der Waals surface area contributed by atoms with Crippen molar-refractivity contribution in [3.05, 3.63) is 119 Å². The van der Waals surface area contributed by atoms with E-state index in [-0.39, 0.29) is 34.0 Å². The molecule has 0 amide bonds. The van der Waals surface area contributed by atoms with Crippen molar-refractivity contribution in [3.63, 3.8) is 0 Å². The van der Waals surface area contributed by atoms with Crippen LogP contribution in [0.15, 0.2) is 111 Å². The van der Waals surface area contributed by atoms with Gasteiger partial charge >= 0.3 is 0 Å². The van der Waals surface area contributed by atoms with Gasteiger partial charge in [0.05, 0.1) is 29.5 Å². The molecule has 1 fully saturated rings. The minimum Gasteiger partial charge on any atom is -0.485 e. The van der Waals surface area contributed by atoms with Gasteiger partial charge in [-0.1, -0.05) is 54.1 Å². The second kappa shape index (κ2) is 10.4. The number of nitrogens with zero attached hydrogens (tertiary/aromatic N) is 3. The van der Waals surface area contributed by atoms with Gasteiger partial charge in [0.1, 0.15) is 23.8 Å². The molecular formula is C33H33N4O4S+. The van der Waals surface area contributed by atoms with Crippen LogP contribution in [0, 0.1) is 18.8 Å². The van der Waals surface area contributed by atoms with E-state index in [0.29, 0.717) is 0 Å². The number of nitrogens with two attached hydrogens (primary N) is 1. The van der Waals surface area contributed by atoms with Gasteiger partial charge in [0, 0.05) is 5.92 Å². The maximum absolute atomic E-state index is 12.7. The third-order valence-electron chi connectivity index (χ3n) is 8.66. The zero-order valence-electron chi connectivity index (χ0n) is 23.4. The molecule has 0 aromatic heterocycles. The fourth-order valence-electron chi connectivity index (χ4n) is 6.17. The molecule has 0 spiro atoms. The van der Waals surface area contributed by atoms with Crippen molar-refractivity contribution in [2.75, 3.05) is 6.61 Å². The van der Waals surface area contributed by atoms with Gasteiger partial charge in [0.25, 0.3) is 16.0 Å². The quantitative estimate of drug-likeness (QED) is 0.219. The van der Waals surface area contributed by atoms with Gasteiger partial charge in [0.15, 0.2) is 0 Å². The van der Waals surface area contributed by atoms with E-state index < -0.39 is 10.1 Å². The highest BCUT2D eigenvalue weighted by atomic mass is 32.2. The fraction of sp³-hybridized carbons (Fsp3) is 0.273. The second-order valence-corrected chi connectivity index (χ2v) is 13.1. The first kappa shape index (κ1) is 27.0. The summed E-state index contributed by atoms with van der Waals surface area (Å²) < 4.78 is 37.1. The molecule has 4 aliphatic rings. The Morgan fingerprint density at radius 2 is 1.83 bits per heavy atom. The van der Waals surface area contributed by atoms with Crippen LogP contribution in [0.1, 0.15) is 47.6 Å². The highest BCUT2D eigenvalue weighted by Gasteiger charge is 2.48. The van der Waals surface area contributed by atoms with Crippen molar-refractivity contribution in [3.8, 4) is 5.75 Å². The second-order valence-electron chi connectivity index (χ2n) is 11.5. The molecule has 1 aliphatic carbocycles. The normalized spacial score (nSPS) is 26.2. The lowest BCUT2D eigenvalue weighted by Crippen LogP contribution is -2.53. The van der Waals surface area contributed by atoms with Crippen molar-refractivity contribution >= 4 is 22.2 Å². The maximum Gasteiger partial charge on any atom is 0.296 e. The number of fused-ring (bicyclic) bond motifs is 2. The van der Waals surface area contributed by atoms with E-state index in [1.807, 2.05) is 31.3 Å². The van der Waals surface area contributed by atoms with Crippen molar-refractivity contribution in [1.82, 2.24) is 0 Å². The predicted octanol–water partition coefficient (Wildman–Crippen LogP) is 5.71. The molecule has 9 heteroatoms. The van der Waals surface area contributed by atoms with Gasteiger partial charge < -0.3 is 4.74 Å². The first-order chi connectivity index (χ1) is 20.3. The van der Waals surface area contributed by atoms with Gasteiger partial charge in [-0.2, -0.15) is 19.3 Å². The molecule has 0 saturated heterocycles. The Balaban J connectivity index is 1.09. The van der Waals surface area contributed by atoms with E-state index >= 15 is 0 Å². The Hall–Kier alpha value is -3.89. The number of allylic oxidation sites excluding steroid dienone is 2. The highest BCUT2D eigenvalue weighted by Crippen LogP contribution is 2.46. The van der Waals surface area contributed by atoms with Gasteiger partial charge in [-0.15, -0.1) is 4.59 Å². The Kier molecular flexibility index (Phi) is 6.70. The molecule has 1 saturated carbocycles. The number of rotatable bonds is 7. The molecule has 3 aromatic rings. The molecule has 2 unspecified atom stereocenters. The zero-order valence-corrected chi connectivity index (χ0v) is 24.2. The molecule has 0 bridgehead atoms. The van der Waals surface area contributed by atoms with Crippen molar-refractivity contribution in [2.45, 2.75) is 43.6 Å². The highest BCUT2D eigenvalue weighted by molar-refractivity contribution is 7.86. The molecule has 3 heterocycles. The van der Waals surface area contributed by atoms with Gasteiger partial charge in [0.2, 0.25) is 5.70 Å². The van der Waals surface area contributed by atoms with E-state index in [2.05, 4.69) is 35.3 Å². The van der Waals surface area contributed by atoms with Crippen LogP contribution in [0.25, 0.3) is 0 Å². The smallest absolute Gasteiger partial charge is 0.296 e. The SMILES string of the molecule is Cc1ccc(S(=O)(=O)OCC2CC(C3=C4C=NC=C[N+]4(N)C(c4ccc5c(c4)OC(c4ccccc4)CC5)=N3)C2)cc1. The number of quaternary nitrogens is 1. The number of ether oxygens (including phenoxy) is 1. The van der Waals surface area contributed by atoms with Crippen LogP contribution >= 0.6 is 0 Å². The summed E-state index contributed by atoms with van der Waals surface area (Å²) in [5, 5.41) is 0. The van der Waals surface area contributed by atoms with Crippen molar-refractivity contribution < 1.29 is 21.9 Å². The molecule has 8 nitrogen and oxygen atoms in total. The largest absolute Gasteiger partial charge is 0.485 e. The van der Waals surface area contributed by atoms with Crippen molar-refractivity contribution in [2.24, 2.45) is 27.7 Å². The Morgan fingerprint density at radius 3 is 2.62 bits per heavy atom. The van der Waals surface area contributed by atoms with Gasteiger partial charge in [-0.05, 0) is 73.9 Å².